The summed E-state index contributed by atoms with van der Waals surface area (Å²) in [6, 6.07) is 6.82. The maximum Gasteiger partial charge on any atom is 0.233 e. The van der Waals surface area contributed by atoms with Crippen LogP contribution in [0.4, 0.5) is 4.39 Å². The van der Waals surface area contributed by atoms with Crippen LogP contribution in [0.2, 0.25) is 0 Å². The molecule has 0 spiro atoms. The summed E-state index contributed by atoms with van der Waals surface area (Å²) in [5.74, 6) is -0.336. The van der Waals surface area contributed by atoms with Gasteiger partial charge < -0.3 is 10.1 Å². The Morgan fingerprint density at radius 2 is 2.03 bits per heavy atom. The lowest BCUT2D eigenvalue weighted by Gasteiger charge is -2.35. The highest BCUT2D eigenvalue weighted by atomic mass is 32.2. The number of carbonyl (C=O) groups excluding carboxylic acids is 1. The molecule has 1 aliphatic carbocycles. The van der Waals surface area contributed by atoms with Gasteiger partial charge in [0.15, 0.2) is 0 Å². The second kappa shape index (κ2) is 9.19. The molecule has 156 valence electrons. The summed E-state index contributed by atoms with van der Waals surface area (Å²) in [5, 5.41) is 15.2. The van der Waals surface area contributed by atoms with Crippen LogP contribution in [0.25, 0.3) is 0 Å². The van der Waals surface area contributed by atoms with Crippen LogP contribution in [0.1, 0.15) is 37.4 Å². The van der Waals surface area contributed by atoms with E-state index in [1.807, 2.05) is 11.6 Å². The number of thioether (sulfide) groups is 1. The van der Waals surface area contributed by atoms with Crippen molar-refractivity contribution in [1.82, 2.24) is 30.4 Å². The number of aromatic nitrogens is 4. The third kappa shape index (κ3) is 5.12. The summed E-state index contributed by atoms with van der Waals surface area (Å²) in [7, 11) is 0. The fraction of sp³-hybridized carbons (Fsp3) is 0.579. The van der Waals surface area contributed by atoms with Crippen molar-refractivity contribution in [2.45, 2.75) is 42.3 Å². The van der Waals surface area contributed by atoms with E-state index in [2.05, 4.69) is 25.7 Å². The van der Waals surface area contributed by atoms with Crippen molar-refractivity contribution >= 4 is 17.7 Å². The van der Waals surface area contributed by atoms with Crippen LogP contribution in [-0.2, 0) is 9.53 Å². The van der Waals surface area contributed by atoms with Crippen LogP contribution in [0, 0.1) is 5.82 Å². The zero-order valence-corrected chi connectivity index (χ0v) is 17.1. The Kier molecular flexibility index (Phi) is 6.41. The van der Waals surface area contributed by atoms with Crippen LogP contribution >= 0.6 is 11.8 Å². The van der Waals surface area contributed by atoms with Gasteiger partial charge in [0.25, 0.3) is 0 Å². The monoisotopic (exact) mass is 420 g/mol. The van der Waals surface area contributed by atoms with Gasteiger partial charge in [-0.2, -0.15) is 0 Å². The third-order valence-corrected chi connectivity index (χ3v) is 6.26. The van der Waals surface area contributed by atoms with E-state index < -0.39 is 0 Å². The molecule has 2 fully saturated rings. The molecule has 2 heterocycles. The van der Waals surface area contributed by atoms with E-state index in [1.54, 1.807) is 12.1 Å². The minimum absolute atomic E-state index is 0.0302. The minimum atomic E-state index is -0.322. The van der Waals surface area contributed by atoms with Crippen molar-refractivity contribution in [3.8, 4) is 0 Å². The summed E-state index contributed by atoms with van der Waals surface area (Å²) in [6.45, 7) is 5.16. The Morgan fingerprint density at radius 1 is 1.31 bits per heavy atom. The average molecular weight is 421 g/mol. The molecule has 2 unspecified atom stereocenters. The maximum atomic E-state index is 13.4. The number of hydrogen-bond acceptors (Lipinski definition) is 7. The van der Waals surface area contributed by atoms with Crippen LogP contribution in [0.15, 0.2) is 29.4 Å². The van der Waals surface area contributed by atoms with Gasteiger partial charge in [-0.05, 0) is 47.9 Å². The quantitative estimate of drug-likeness (QED) is 0.652. The number of ether oxygens (including phenoxy) is 1. The Balaban J connectivity index is 1.38. The van der Waals surface area contributed by atoms with Gasteiger partial charge in [-0.3, -0.25) is 9.69 Å². The predicted octanol–water partition coefficient (Wildman–Crippen LogP) is 1.82. The van der Waals surface area contributed by atoms with Crippen LogP contribution in [0.3, 0.4) is 0 Å². The van der Waals surface area contributed by atoms with Gasteiger partial charge >= 0.3 is 0 Å². The topological polar surface area (TPSA) is 85.2 Å². The largest absolute Gasteiger partial charge is 0.379 e. The van der Waals surface area contributed by atoms with Gasteiger partial charge in [-0.1, -0.05) is 23.9 Å². The molecule has 2 aromatic rings. The van der Waals surface area contributed by atoms with Crippen LogP contribution in [-0.4, -0.2) is 69.1 Å². The number of nitrogens with zero attached hydrogens (tertiary/aromatic N) is 5. The molecule has 1 aromatic carbocycles. The number of tetrazole rings is 1. The van der Waals surface area contributed by atoms with Gasteiger partial charge in [0.2, 0.25) is 11.1 Å². The molecule has 2 atom stereocenters. The van der Waals surface area contributed by atoms with Crippen molar-refractivity contribution in [3.63, 3.8) is 0 Å². The Labute approximate surface area is 173 Å². The first-order valence-corrected chi connectivity index (χ1v) is 10.8. The van der Waals surface area contributed by atoms with Gasteiger partial charge in [0.1, 0.15) is 5.82 Å². The molecule has 29 heavy (non-hydrogen) atoms. The first-order chi connectivity index (χ1) is 14.1. The zero-order chi connectivity index (χ0) is 20.2. The number of halogens is 1. The van der Waals surface area contributed by atoms with E-state index >= 15 is 0 Å². The van der Waals surface area contributed by atoms with Crippen molar-refractivity contribution in [2.24, 2.45) is 0 Å². The first kappa shape index (κ1) is 20.2. The Morgan fingerprint density at radius 3 is 2.72 bits per heavy atom. The molecule has 1 saturated heterocycles. The normalized spacial score (nSPS) is 19.7. The zero-order valence-electron chi connectivity index (χ0n) is 16.3. The molecule has 4 rings (SSSR count). The van der Waals surface area contributed by atoms with Crippen LogP contribution in [0.5, 0.6) is 0 Å². The van der Waals surface area contributed by atoms with Gasteiger partial charge in [-0.15, -0.1) is 5.10 Å². The van der Waals surface area contributed by atoms with E-state index in [-0.39, 0.29) is 23.0 Å². The molecule has 8 nitrogen and oxygen atoms in total. The lowest BCUT2D eigenvalue weighted by molar-refractivity contribution is -0.120. The number of amides is 1. The van der Waals surface area contributed by atoms with E-state index in [0.717, 1.165) is 31.5 Å². The number of nitrogens with one attached hydrogen (secondary N) is 1. The molecule has 0 radical (unpaired) electrons. The van der Waals surface area contributed by atoms with Crippen molar-refractivity contribution < 1.29 is 13.9 Å². The highest BCUT2D eigenvalue weighted by Gasteiger charge is 2.30. The summed E-state index contributed by atoms with van der Waals surface area (Å²) in [6.07, 6.45) is 2.16. The van der Waals surface area contributed by atoms with E-state index in [1.165, 1.54) is 23.9 Å². The molecule has 1 N–H and O–H groups in total. The average Bonchev–Trinajstić information content (AvgIpc) is 3.49. The van der Waals surface area contributed by atoms with E-state index in [9.17, 15) is 9.18 Å². The number of morpholine rings is 1. The van der Waals surface area contributed by atoms with Crippen molar-refractivity contribution in [2.75, 3.05) is 32.8 Å². The third-order valence-electron chi connectivity index (χ3n) is 5.22. The highest BCUT2D eigenvalue weighted by Crippen LogP contribution is 2.37. The van der Waals surface area contributed by atoms with Crippen molar-refractivity contribution in [1.29, 1.82) is 0 Å². The second-order valence-corrected chi connectivity index (χ2v) is 8.67. The SMILES string of the molecule is CC(Sc1nnnn1C1CC1)C(=O)NCC(c1ccc(F)cc1)N1CCOCC1. The summed E-state index contributed by atoms with van der Waals surface area (Å²) < 4.78 is 20.6. The van der Waals surface area contributed by atoms with Crippen molar-refractivity contribution in [3.05, 3.63) is 35.6 Å². The maximum absolute atomic E-state index is 13.4. The van der Waals surface area contributed by atoms with Crippen LogP contribution < -0.4 is 5.32 Å². The number of hydrogen-bond donors (Lipinski definition) is 1. The molecule has 1 saturated carbocycles. The van der Waals surface area contributed by atoms with Gasteiger partial charge in [0, 0.05) is 19.6 Å². The predicted molar refractivity (Wildman–Crippen MR) is 106 cm³/mol. The summed E-state index contributed by atoms with van der Waals surface area (Å²) in [4.78, 5) is 15.0. The molecular formula is C19H25FN6O2S. The smallest absolute Gasteiger partial charge is 0.233 e. The fourth-order valence-corrected chi connectivity index (χ4v) is 4.28. The van der Waals surface area contributed by atoms with E-state index in [4.69, 9.17) is 4.74 Å². The van der Waals surface area contributed by atoms with E-state index in [0.29, 0.717) is 31.0 Å². The van der Waals surface area contributed by atoms with Gasteiger partial charge in [0.05, 0.1) is 30.5 Å². The molecule has 1 aliphatic heterocycles. The fourth-order valence-electron chi connectivity index (χ4n) is 3.40. The second-order valence-electron chi connectivity index (χ2n) is 7.36. The molecule has 2 aliphatic rings. The Hall–Kier alpha value is -2.04. The number of carbonyl (C=O) groups is 1. The Bertz CT molecular complexity index is 822. The molecule has 1 aromatic heterocycles. The standard InChI is InChI=1S/C19H25FN6O2S/c1-13(29-19-22-23-24-26(19)16-6-7-16)18(27)21-12-17(25-8-10-28-11-9-25)14-2-4-15(20)5-3-14/h2-5,13,16-17H,6-12H2,1H3,(H,21,27). The number of rotatable bonds is 8. The lowest BCUT2D eigenvalue weighted by atomic mass is 10.0. The number of benzene rings is 1. The first-order valence-electron chi connectivity index (χ1n) is 9.91. The lowest BCUT2D eigenvalue weighted by Crippen LogP contribution is -2.44. The summed E-state index contributed by atoms with van der Waals surface area (Å²) >= 11 is 1.37. The minimum Gasteiger partial charge on any atom is -0.379 e. The molecule has 10 heteroatoms. The van der Waals surface area contributed by atoms with Gasteiger partial charge in [-0.25, -0.2) is 9.07 Å². The molecule has 0 bridgehead atoms. The highest BCUT2D eigenvalue weighted by molar-refractivity contribution is 8.00. The summed E-state index contributed by atoms with van der Waals surface area (Å²) in [5.41, 5.74) is 0.978. The molecule has 1 amide bonds. The molecular weight excluding hydrogens is 395 g/mol.